The van der Waals surface area contributed by atoms with Crippen molar-refractivity contribution in [3.63, 3.8) is 0 Å². The van der Waals surface area contributed by atoms with Crippen LogP contribution in [0.3, 0.4) is 0 Å². The third kappa shape index (κ3) is 3.01. The fraction of sp³-hybridized carbons (Fsp3) is 0.0667. The summed E-state index contributed by atoms with van der Waals surface area (Å²) in [6.07, 6.45) is 1.68. The number of methoxy groups -OCH3 is 1. The number of amides is 1. The summed E-state index contributed by atoms with van der Waals surface area (Å²) in [4.78, 5) is 12.1. The summed E-state index contributed by atoms with van der Waals surface area (Å²) in [5.41, 5.74) is 0.915. The van der Waals surface area contributed by atoms with Crippen molar-refractivity contribution < 1.29 is 13.9 Å². The first-order valence-electron chi connectivity index (χ1n) is 6.15. The second-order valence-corrected chi connectivity index (χ2v) is 6.01. The van der Waals surface area contributed by atoms with Gasteiger partial charge in [0, 0.05) is 11.6 Å². The molecule has 1 saturated heterocycles. The maximum Gasteiger partial charge on any atom is 0.263 e. The number of furan rings is 1. The van der Waals surface area contributed by atoms with Crippen molar-refractivity contribution in [3.05, 3.63) is 47.1 Å². The van der Waals surface area contributed by atoms with Crippen LogP contribution in [0.2, 0.25) is 0 Å². The van der Waals surface area contributed by atoms with Crippen LogP contribution in [0.5, 0.6) is 5.75 Å². The molecule has 2 heterocycles. The lowest BCUT2D eigenvalue weighted by atomic mass is 10.2. The number of rotatable bonds is 3. The van der Waals surface area contributed by atoms with E-state index >= 15 is 0 Å². The topological polar surface area (TPSA) is 51.5 Å². The lowest BCUT2D eigenvalue weighted by molar-refractivity contribution is -0.115. The number of benzene rings is 1. The first kappa shape index (κ1) is 13.9. The highest BCUT2D eigenvalue weighted by molar-refractivity contribution is 8.26. The molecule has 1 amide bonds. The van der Waals surface area contributed by atoms with Crippen LogP contribution < -0.4 is 10.1 Å². The maximum absolute atomic E-state index is 11.6. The largest absolute Gasteiger partial charge is 0.497 e. The SMILES string of the molecule is COc1cccc(-c2ccc(/C=C3/SC(=S)NC3=O)o2)c1. The minimum Gasteiger partial charge on any atom is -0.497 e. The van der Waals surface area contributed by atoms with Crippen molar-refractivity contribution in [2.45, 2.75) is 0 Å². The molecule has 1 aromatic heterocycles. The van der Waals surface area contributed by atoms with E-state index in [4.69, 9.17) is 21.4 Å². The first-order valence-corrected chi connectivity index (χ1v) is 7.37. The molecule has 3 rings (SSSR count). The van der Waals surface area contributed by atoms with Gasteiger partial charge in [0.1, 0.15) is 21.6 Å². The fourth-order valence-corrected chi connectivity index (χ4v) is 2.94. The average molecular weight is 317 g/mol. The van der Waals surface area contributed by atoms with Gasteiger partial charge in [0.15, 0.2) is 0 Å². The third-order valence-corrected chi connectivity index (χ3v) is 4.06. The van der Waals surface area contributed by atoms with Crippen LogP contribution in [-0.4, -0.2) is 17.3 Å². The van der Waals surface area contributed by atoms with Gasteiger partial charge in [-0.15, -0.1) is 0 Å². The van der Waals surface area contributed by atoms with Gasteiger partial charge in [0.25, 0.3) is 5.91 Å². The average Bonchev–Trinajstić information content (AvgIpc) is 3.06. The zero-order chi connectivity index (χ0) is 14.8. The summed E-state index contributed by atoms with van der Waals surface area (Å²) >= 11 is 6.18. The van der Waals surface area contributed by atoms with Gasteiger partial charge < -0.3 is 14.5 Å². The molecule has 1 aliphatic heterocycles. The van der Waals surface area contributed by atoms with E-state index < -0.39 is 0 Å². The molecule has 106 valence electrons. The molecule has 0 bridgehead atoms. The number of nitrogens with one attached hydrogen (secondary N) is 1. The van der Waals surface area contributed by atoms with Crippen molar-refractivity contribution in [2.75, 3.05) is 7.11 Å². The minimum atomic E-state index is -0.190. The summed E-state index contributed by atoms with van der Waals surface area (Å²) < 4.78 is 11.4. The molecular weight excluding hydrogens is 306 g/mol. The standard InChI is InChI=1S/C15H11NO3S2/c1-18-10-4-2-3-9(7-10)12-6-5-11(19-12)8-13-14(17)16-15(20)21-13/h2-8H,1H3,(H,16,17,20)/b13-8+. The minimum absolute atomic E-state index is 0.190. The van der Waals surface area contributed by atoms with Crippen LogP contribution in [0.15, 0.2) is 45.7 Å². The third-order valence-electron chi connectivity index (χ3n) is 2.90. The maximum atomic E-state index is 11.6. The molecule has 0 radical (unpaired) electrons. The Morgan fingerprint density at radius 3 is 2.90 bits per heavy atom. The van der Waals surface area contributed by atoms with E-state index in [0.717, 1.165) is 11.3 Å². The van der Waals surface area contributed by atoms with Crippen LogP contribution >= 0.6 is 24.0 Å². The summed E-state index contributed by atoms with van der Waals surface area (Å²) in [7, 11) is 1.62. The molecule has 1 aromatic carbocycles. The van der Waals surface area contributed by atoms with Gasteiger partial charge in [-0.25, -0.2) is 0 Å². The van der Waals surface area contributed by atoms with Gasteiger partial charge >= 0.3 is 0 Å². The summed E-state index contributed by atoms with van der Waals surface area (Å²) in [6, 6.07) is 11.3. The Balaban J connectivity index is 1.88. The molecule has 2 aromatic rings. The molecule has 0 unspecified atom stereocenters. The number of carbonyl (C=O) groups excluding carboxylic acids is 1. The molecule has 0 aliphatic carbocycles. The number of hydrogen-bond acceptors (Lipinski definition) is 5. The Morgan fingerprint density at radius 1 is 1.33 bits per heavy atom. The smallest absolute Gasteiger partial charge is 0.263 e. The number of thioether (sulfide) groups is 1. The number of hydrogen-bond donors (Lipinski definition) is 1. The van der Waals surface area contributed by atoms with Gasteiger partial charge in [-0.05, 0) is 24.3 Å². The molecule has 21 heavy (non-hydrogen) atoms. The van der Waals surface area contributed by atoms with Gasteiger partial charge in [0.2, 0.25) is 0 Å². The van der Waals surface area contributed by atoms with Crippen LogP contribution in [-0.2, 0) is 4.79 Å². The molecule has 0 spiro atoms. The monoisotopic (exact) mass is 317 g/mol. The van der Waals surface area contributed by atoms with E-state index in [0.29, 0.717) is 20.7 Å². The zero-order valence-corrected chi connectivity index (χ0v) is 12.7. The summed E-state index contributed by atoms with van der Waals surface area (Å²) in [6.45, 7) is 0. The lowest BCUT2D eigenvalue weighted by Gasteiger charge is -2.01. The number of ether oxygens (including phenoxy) is 1. The van der Waals surface area contributed by atoms with Crippen molar-refractivity contribution in [3.8, 4) is 17.1 Å². The second kappa shape index (κ2) is 5.75. The highest BCUT2D eigenvalue weighted by atomic mass is 32.2. The Bertz CT molecular complexity index is 749. The molecular formula is C15H11NO3S2. The van der Waals surface area contributed by atoms with E-state index in [1.54, 1.807) is 13.2 Å². The number of carbonyl (C=O) groups is 1. The first-order chi connectivity index (χ1) is 10.2. The molecule has 1 fully saturated rings. The van der Waals surface area contributed by atoms with E-state index in [1.165, 1.54) is 11.8 Å². The molecule has 0 saturated carbocycles. The van der Waals surface area contributed by atoms with Crippen molar-refractivity contribution in [2.24, 2.45) is 0 Å². The van der Waals surface area contributed by atoms with E-state index in [9.17, 15) is 4.79 Å². The van der Waals surface area contributed by atoms with Crippen molar-refractivity contribution in [1.29, 1.82) is 0 Å². The predicted octanol–water partition coefficient (Wildman–Crippen LogP) is 3.44. The Morgan fingerprint density at radius 2 is 2.19 bits per heavy atom. The fourth-order valence-electron chi connectivity index (χ4n) is 1.91. The Kier molecular flexibility index (Phi) is 3.81. The number of thiocarbonyl (C=S) groups is 1. The molecule has 4 nitrogen and oxygen atoms in total. The second-order valence-electron chi connectivity index (χ2n) is 4.29. The van der Waals surface area contributed by atoms with E-state index in [2.05, 4.69) is 5.32 Å². The van der Waals surface area contributed by atoms with Crippen LogP contribution in [0.1, 0.15) is 5.76 Å². The van der Waals surface area contributed by atoms with Crippen molar-refractivity contribution in [1.82, 2.24) is 5.32 Å². The van der Waals surface area contributed by atoms with Crippen LogP contribution in [0.25, 0.3) is 17.4 Å². The molecule has 6 heteroatoms. The zero-order valence-electron chi connectivity index (χ0n) is 11.1. The highest BCUT2D eigenvalue weighted by Gasteiger charge is 2.22. The lowest BCUT2D eigenvalue weighted by Crippen LogP contribution is -2.17. The molecule has 1 aliphatic rings. The van der Waals surface area contributed by atoms with Gasteiger partial charge in [-0.3, -0.25) is 4.79 Å². The Labute approximate surface area is 131 Å². The normalized spacial score (nSPS) is 16.3. The molecule has 0 atom stereocenters. The van der Waals surface area contributed by atoms with Crippen molar-refractivity contribution >= 4 is 40.3 Å². The van der Waals surface area contributed by atoms with Gasteiger partial charge in [-0.2, -0.15) is 0 Å². The quantitative estimate of drug-likeness (QED) is 0.694. The summed E-state index contributed by atoms with van der Waals surface area (Å²) in [5, 5.41) is 2.57. The van der Waals surface area contributed by atoms with E-state index in [1.807, 2.05) is 36.4 Å². The summed E-state index contributed by atoms with van der Waals surface area (Å²) in [5.74, 6) is 1.89. The van der Waals surface area contributed by atoms with Gasteiger partial charge in [0.05, 0.1) is 12.0 Å². The van der Waals surface area contributed by atoms with Crippen LogP contribution in [0, 0.1) is 0 Å². The van der Waals surface area contributed by atoms with Crippen LogP contribution in [0.4, 0.5) is 0 Å². The Hall–Kier alpha value is -2.05. The van der Waals surface area contributed by atoms with Gasteiger partial charge in [-0.1, -0.05) is 36.1 Å². The highest BCUT2D eigenvalue weighted by Crippen LogP contribution is 2.29. The van der Waals surface area contributed by atoms with E-state index in [-0.39, 0.29) is 5.91 Å². The predicted molar refractivity (Wildman–Crippen MR) is 87.0 cm³/mol. The molecule has 1 N–H and O–H groups in total.